The van der Waals surface area contributed by atoms with Gasteiger partial charge in [0, 0.05) is 32.4 Å². The number of nitrogens with two attached hydrogens (primary N) is 1. The average Bonchev–Trinajstić information content (AvgIpc) is 3.92. The number of aromatic hydroxyl groups is 1. The van der Waals surface area contributed by atoms with Crippen molar-refractivity contribution in [1.29, 1.82) is 0 Å². The lowest BCUT2D eigenvalue weighted by Crippen LogP contribution is -2.62. The molecule has 1 aliphatic rings. The van der Waals surface area contributed by atoms with Crippen LogP contribution in [0, 0.1) is 0 Å². The number of carboxylic acids is 1. The lowest BCUT2D eigenvalue weighted by Gasteiger charge is -2.32. The molecule has 0 aromatic heterocycles. The second-order valence-corrected chi connectivity index (χ2v) is 19.2. The number of carbonyl (C=O) groups excluding carboxylic acids is 8. The van der Waals surface area contributed by atoms with E-state index in [1.165, 1.54) is 38.1 Å². The molecule has 0 unspecified atom stereocenters. The zero-order valence-corrected chi connectivity index (χ0v) is 43.6. The van der Waals surface area contributed by atoms with Gasteiger partial charge in [0.2, 0.25) is 47.3 Å². The molecule has 22 heteroatoms. The highest BCUT2D eigenvalue weighted by molar-refractivity contribution is 5.98. The molecule has 0 bridgehead atoms. The van der Waals surface area contributed by atoms with E-state index in [0.717, 1.165) is 10.5 Å². The van der Waals surface area contributed by atoms with E-state index in [0.29, 0.717) is 29.5 Å². The van der Waals surface area contributed by atoms with Gasteiger partial charge in [-0.3, -0.25) is 38.4 Å². The van der Waals surface area contributed by atoms with Crippen molar-refractivity contribution in [2.24, 2.45) is 5.73 Å². The summed E-state index contributed by atoms with van der Waals surface area (Å²) in [7, 11) is 0. The van der Waals surface area contributed by atoms with E-state index in [1.807, 2.05) is 30.3 Å². The summed E-state index contributed by atoms with van der Waals surface area (Å²) < 4.78 is 0. The van der Waals surface area contributed by atoms with E-state index in [1.54, 1.807) is 60.7 Å². The van der Waals surface area contributed by atoms with Crippen LogP contribution >= 0.6 is 0 Å². The van der Waals surface area contributed by atoms with Gasteiger partial charge in [0.15, 0.2) is 6.04 Å². The molecule has 5 rings (SSSR count). The third kappa shape index (κ3) is 19.1. The number of phenols is 1. The normalized spacial score (nSPS) is 16.1. The standard InChI is InChI=1S/C56H71N9O13/c1-34(66)48(55(76)65-28-14-22-45(65)54(75)60-41(50(71)64-49(35(2)67)56(77)78)21-12-13-27-58-46(69)32-38-19-10-5-11-20-38)63-53(74)44(31-39-23-25-40(68)26-24-39)62-52(73)43(30-37-17-8-4-9-18-37)61-51(72)42(59-47(70)33-57)29-36-15-6-3-7-16-36/h3-11,15-20,23-26,34-35,41-45,48-49,66-68H,12-14,21-22,27-33,57H2,1-2H3,(H,58,69)(H,59,70)(H,60,75)(H,61,72)(H,62,73)(H,63,74)(H,64,71)(H,77,78)/t34-,35-,41+,42+,43+,44+,45+,48+,49+/m1/s1. The van der Waals surface area contributed by atoms with Crippen LogP contribution in [-0.2, 0) is 68.8 Å². The number of carbonyl (C=O) groups is 9. The molecule has 9 atom stereocenters. The van der Waals surface area contributed by atoms with Crippen LogP contribution in [0.3, 0.4) is 0 Å². The molecule has 0 aliphatic carbocycles. The number of benzene rings is 4. The van der Waals surface area contributed by atoms with Gasteiger partial charge in [0.1, 0.15) is 42.0 Å². The Balaban J connectivity index is 1.34. The zero-order valence-electron chi connectivity index (χ0n) is 43.6. The maximum absolute atomic E-state index is 14.5. The molecule has 78 heavy (non-hydrogen) atoms. The molecule has 1 fully saturated rings. The number of hydrogen-bond donors (Lipinski definition) is 12. The van der Waals surface area contributed by atoms with Crippen LogP contribution in [0.1, 0.15) is 68.2 Å². The van der Waals surface area contributed by atoms with Crippen molar-refractivity contribution in [3.63, 3.8) is 0 Å². The quantitative estimate of drug-likeness (QED) is 0.0310. The number of aliphatic carboxylic acids is 1. The van der Waals surface area contributed by atoms with Crippen LogP contribution in [0.15, 0.2) is 115 Å². The minimum atomic E-state index is -1.72. The van der Waals surface area contributed by atoms with Crippen LogP contribution in [0.2, 0.25) is 0 Å². The Morgan fingerprint density at radius 1 is 0.564 bits per heavy atom. The van der Waals surface area contributed by atoms with Crippen LogP contribution in [0.4, 0.5) is 0 Å². The molecule has 4 aromatic carbocycles. The van der Waals surface area contributed by atoms with Crippen molar-refractivity contribution in [3.8, 4) is 5.75 Å². The first-order chi connectivity index (χ1) is 37.3. The summed E-state index contributed by atoms with van der Waals surface area (Å²) in [6.07, 6.45) is -2.19. The third-order valence-electron chi connectivity index (χ3n) is 13.1. The molecular formula is C56H71N9O13. The Hall–Kier alpha value is -8.21. The summed E-state index contributed by atoms with van der Waals surface area (Å²) >= 11 is 0. The largest absolute Gasteiger partial charge is 0.508 e. The topological polar surface area (TPSA) is 348 Å². The molecule has 1 aliphatic heterocycles. The highest BCUT2D eigenvalue weighted by Crippen LogP contribution is 2.21. The molecule has 0 saturated carbocycles. The first-order valence-corrected chi connectivity index (χ1v) is 25.9. The molecule has 22 nitrogen and oxygen atoms in total. The van der Waals surface area contributed by atoms with Gasteiger partial charge < -0.3 is 68.3 Å². The van der Waals surface area contributed by atoms with Crippen LogP contribution in [-0.4, -0.2) is 153 Å². The Morgan fingerprint density at radius 3 is 1.53 bits per heavy atom. The maximum atomic E-state index is 14.5. The van der Waals surface area contributed by atoms with E-state index in [4.69, 9.17) is 5.73 Å². The maximum Gasteiger partial charge on any atom is 0.328 e. The highest BCUT2D eigenvalue weighted by Gasteiger charge is 2.42. The lowest BCUT2D eigenvalue weighted by atomic mass is 10.0. The minimum absolute atomic E-state index is 0.00972. The fraction of sp³-hybridized carbons (Fsp3) is 0.411. The summed E-state index contributed by atoms with van der Waals surface area (Å²) in [6, 6.07) is 22.4. The summed E-state index contributed by atoms with van der Waals surface area (Å²) in [4.78, 5) is 124. The number of nitrogens with one attached hydrogen (secondary N) is 7. The van der Waals surface area contributed by atoms with Crippen molar-refractivity contribution in [2.45, 2.75) is 126 Å². The number of hydrogen-bond acceptors (Lipinski definition) is 13. The molecule has 0 spiro atoms. The number of nitrogens with zero attached hydrogens (tertiary/aromatic N) is 1. The van der Waals surface area contributed by atoms with E-state index < -0.39 is 108 Å². The minimum Gasteiger partial charge on any atom is -0.508 e. The van der Waals surface area contributed by atoms with Gasteiger partial charge in [-0.25, -0.2) is 4.79 Å². The van der Waals surface area contributed by atoms with Gasteiger partial charge in [-0.2, -0.15) is 0 Å². The van der Waals surface area contributed by atoms with Crippen molar-refractivity contribution < 1.29 is 63.6 Å². The fourth-order valence-electron chi connectivity index (χ4n) is 8.84. The molecule has 1 saturated heterocycles. The number of likely N-dealkylation sites (tertiary alicyclic amines) is 1. The Morgan fingerprint density at radius 2 is 1.03 bits per heavy atom. The first-order valence-electron chi connectivity index (χ1n) is 25.9. The van der Waals surface area contributed by atoms with Gasteiger partial charge in [-0.15, -0.1) is 0 Å². The Bertz CT molecular complexity index is 2640. The molecule has 0 radical (unpaired) electrons. The van der Waals surface area contributed by atoms with Gasteiger partial charge in [0.05, 0.1) is 25.2 Å². The summed E-state index contributed by atoms with van der Waals surface area (Å²) in [5, 5.41) is 59.3. The zero-order chi connectivity index (χ0) is 56.7. The van der Waals surface area contributed by atoms with Gasteiger partial charge in [0.25, 0.3) is 0 Å². The number of carboxylic acid groups (broad SMARTS) is 1. The van der Waals surface area contributed by atoms with Gasteiger partial charge in [-0.1, -0.05) is 103 Å². The predicted octanol–water partition coefficient (Wildman–Crippen LogP) is -0.346. The Kier molecular flexibility index (Phi) is 23.7. The molecule has 8 amide bonds. The second kappa shape index (κ2) is 30.5. The van der Waals surface area contributed by atoms with Crippen LogP contribution < -0.4 is 43.0 Å². The molecule has 1 heterocycles. The van der Waals surface area contributed by atoms with E-state index >= 15 is 0 Å². The number of rotatable bonds is 29. The fourth-order valence-corrected chi connectivity index (χ4v) is 8.84. The van der Waals surface area contributed by atoms with Gasteiger partial charge >= 0.3 is 5.97 Å². The number of phenolic OH excluding ortho intramolecular Hbond substituents is 1. The van der Waals surface area contributed by atoms with Crippen LogP contribution in [0.5, 0.6) is 5.75 Å². The average molecular weight is 1080 g/mol. The molecular weight excluding hydrogens is 1010 g/mol. The SMILES string of the molecule is C[C@@H](O)[C@H](NC(=O)[C@H](CCCCNC(=O)Cc1ccccc1)NC(=O)[C@@H]1CCCN1C(=O)[C@@H](NC(=O)[C@H](Cc1ccc(O)cc1)NC(=O)[C@H](Cc1ccccc1)NC(=O)[C@H](Cc1ccccc1)NC(=O)CN)[C@@H](C)O)C(=O)O. The van der Waals surface area contributed by atoms with E-state index in [9.17, 15) is 63.6 Å². The Labute approximate surface area is 452 Å². The molecule has 4 aromatic rings. The smallest absolute Gasteiger partial charge is 0.328 e. The third-order valence-corrected chi connectivity index (χ3v) is 13.1. The summed E-state index contributed by atoms with van der Waals surface area (Å²) in [5.41, 5.74) is 8.19. The molecule has 418 valence electrons. The van der Waals surface area contributed by atoms with E-state index in [-0.39, 0.29) is 69.7 Å². The van der Waals surface area contributed by atoms with Crippen LogP contribution in [0.25, 0.3) is 0 Å². The van der Waals surface area contributed by atoms with Crippen molar-refractivity contribution in [1.82, 2.24) is 42.1 Å². The summed E-state index contributed by atoms with van der Waals surface area (Å²) in [6.45, 7) is 2.23. The number of aliphatic hydroxyl groups is 2. The molecule has 13 N–H and O–H groups in total. The first kappa shape index (κ1) is 60.7. The number of aliphatic hydroxyl groups excluding tert-OH is 2. The van der Waals surface area contributed by atoms with Gasteiger partial charge in [-0.05, 0) is 80.3 Å². The second-order valence-electron chi connectivity index (χ2n) is 19.2. The van der Waals surface area contributed by atoms with Crippen molar-refractivity contribution in [3.05, 3.63) is 138 Å². The monoisotopic (exact) mass is 1080 g/mol. The number of amides is 8. The van der Waals surface area contributed by atoms with Crippen molar-refractivity contribution in [2.75, 3.05) is 19.6 Å². The lowest BCUT2D eigenvalue weighted by molar-refractivity contribution is -0.146. The predicted molar refractivity (Wildman–Crippen MR) is 285 cm³/mol. The highest BCUT2D eigenvalue weighted by atomic mass is 16.4. The number of unbranched alkanes of at least 4 members (excludes halogenated alkanes) is 1. The van der Waals surface area contributed by atoms with E-state index in [2.05, 4.69) is 37.2 Å². The summed E-state index contributed by atoms with van der Waals surface area (Å²) in [5.74, 6) is -7.56. The van der Waals surface area contributed by atoms with Crippen molar-refractivity contribution >= 4 is 53.2 Å².